The molecule has 1 aliphatic heterocycles. The molecule has 0 fully saturated rings. The van der Waals surface area contributed by atoms with Crippen LogP contribution in [0.4, 0.5) is 10.1 Å². The molecule has 0 radical (unpaired) electrons. The van der Waals surface area contributed by atoms with Gasteiger partial charge in [-0.2, -0.15) is 0 Å². The monoisotopic (exact) mass is 460 g/mol. The van der Waals surface area contributed by atoms with Crippen LogP contribution >= 0.6 is 0 Å². The lowest BCUT2D eigenvalue weighted by Gasteiger charge is -2.11. The van der Waals surface area contributed by atoms with Crippen LogP contribution in [0.1, 0.15) is 37.1 Å². The molecule has 2 aromatic carbocycles. The molecular formula is C25H25FN6O2. The van der Waals surface area contributed by atoms with Gasteiger partial charge in [-0.1, -0.05) is 18.6 Å². The lowest BCUT2D eigenvalue weighted by atomic mass is 10.1. The van der Waals surface area contributed by atoms with Crippen LogP contribution in [0.15, 0.2) is 47.5 Å². The van der Waals surface area contributed by atoms with Crippen molar-refractivity contribution in [1.29, 1.82) is 0 Å². The number of hydrogen-bond acceptors (Lipinski definition) is 5. The summed E-state index contributed by atoms with van der Waals surface area (Å²) < 4.78 is 18.0. The molecule has 8 nitrogen and oxygen atoms in total. The van der Waals surface area contributed by atoms with Gasteiger partial charge in [0.2, 0.25) is 5.91 Å². The Kier molecular flexibility index (Phi) is 5.91. The van der Waals surface area contributed by atoms with E-state index in [1.54, 1.807) is 18.2 Å². The van der Waals surface area contributed by atoms with E-state index in [1.807, 2.05) is 19.1 Å². The number of rotatable bonds is 5. The average molecular weight is 461 g/mol. The Morgan fingerprint density at radius 1 is 1.15 bits per heavy atom. The van der Waals surface area contributed by atoms with Crippen molar-refractivity contribution in [1.82, 2.24) is 24.3 Å². The first-order valence-corrected chi connectivity index (χ1v) is 11.5. The minimum atomic E-state index is -0.535. The van der Waals surface area contributed by atoms with Gasteiger partial charge in [-0.05, 0) is 49.6 Å². The Labute approximate surface area is 195 Å². The van der Waals surface area contributed by atoms with Crippen molar-refractivity contribution in [2.45, 2.75) is 52.1 Å². The van der Waals surface area contributed by atoms with Gasteiger partial charge < -0.3 is 9.88 Å². The summed E-state index contributed by atoms with van der Waals surface area (Å²) in [5, 5.41) is 11.7. The number of nitrogens with one attached hydrogen (secondary N) is 1. The van der Waals surface area contributed by atoms with Gasteiger partial charge in [-0.15, -0.1) is 10.2 Å². The molecule has 0 aliphatic carbocycles. The number of carbonyl (C=O) groups excluding carboxylic acids is 1. The van der Waals surface area contributed by atoms with Crippen LogP contribution in [-0.2, 0) is 24.3 Å². The molecule has 5 rings (SSSR count). The van der Waals surface area contributed by atoms with Crippen LogP contribution in [0.2, 0.25) is 0 Å². The highest BCUT2D eigenvalue weighted by Crippen LogP contribution is 2.26. The second-order valence-electron chi connectivity index (χ2n) is 8.61. The summed E-state index contributed by atoms with van der Waals surface area (Å²) in [6, 6.07) is 9.98. The fourth-order valence-corrected chi connectivity index (χ4v) is 4.39. The first-order chi connectivity index (χ1) is 16.5. The second-order valence-corrected chi connectivity index (χ2v) is 8.61. The van der Waals surface area contributed by atoms with Crippen molar-refractivity contribution in [2.75, 3.05) is 5.32 Å². The Morgan fingerprint density at radius 3 is 2.91 bits per heavy atom. The Bertz CT molecular complexity index is 1440. The quantitative estimate of drug-likeness (QED) is 0.488. The van der Waals surface area contributed by atoms with E-state index >= 15 is 0 Å². The van der Waals surface area contributed by atoms with Crippen molar-refractivity contribution < 1.29 is 9.18 Å². The first-order valence-electron chi connectivity index (χ1n) is 11.5. The topological polar surface area (TPSA) is 94.7 Å². The molecule has 34 heavy (non-hydrogen) atoms. The molecule has 0 saturated heterocycles. The molecule has 0 spiro atoms. The van der Waals surface area contributed by atoms with E-state index in [1.165, 1.54) is 17.0 Å². The van der Waals surface area contributed by atoms with Crippen molar-refractivity contribution >= 4 is 22.5 Å². The van der Waals surface area contributed by atoms with Gasteiger partial charge in [0.05, 0.1) is 22.9 Å². The number of benzene rings is 2. The van der Waals surface area contributed by atoms with Crippen molar-refractivity contribution in [2.24, 2.45) is 0 Å². The molecule has 4 aromatic rings. The number of amides is 1. The average Bonchev–Trinajstić information content (AvgIpc) is 3.08. The van der Waals surface area contributed by atoms with E-state index in [9.17, 15) is 14.0 Å². The van der Waals surface area contributed by atoms with Crippen LogP contribution in [0.5, 0.6) is 0 Å². The number of aryl methyl sites for hydroxylation is 3. The second kappa shape index (κ2) is 9.17. The molecular weight excluding hydrogens is 435 g/mol. The number of nitrogens with zero attached hydrogens (tertiary/aromatic N) is 5. The molecule has 0 unspecified atom stereocenters. The number of hydrogen-bond donors (Lipinski definition) is 1. The summed E-state index contributed by atoms with van der Waals surface area (Å²) in [5.41, 5.74) is 2.13. The number of halogens is 1. The third kappa shape index (κ3) is 4.21. The third-order valence-electron chi connectivity index (χ3n) is 6.24. The predicted octanol–water partition coefficient (Wildman–Crippen LogP) is 3.86. The highest BCUT2D eigenvalue weighted by molar-refractivity contribution is 5.91. The van der Waals surface area contributed by atoms with Gasteiger partial charge in [0.15, 0.2) is 5.82 Å². The predicted molar refractivity (Wildman–Crippen MR) is 127 cm³/mol. The summed E-state index contributed by atoms with van der Waals surface area (Å²) in [5.74, 6) is 0.684. The van der Waals surface area contributed by atoms with Gasteiger partial charge in [-0.25, -0.2) is 9.37 Å². The van der Waals surface area contributed by atoms with Gasteiger partial charge in [0.1, 0.15) is 11.6 Å². The minimum absolute atomic E-state index is 0.00288. The maximum Gasteiger partial charge on any atom is 0.261 e. The Morgan fingerprint density at radius 2 is 2.03 bits per heavy atom. The smallest absolute Gasteiger partial charge is 0.261 e. The number of anilines is 1. The number of carbonyl (C=O) groups is 1. The fraction of sp³-hybridized carbons (Fsp3) is 0.320. The van der Waals surface area contributed by atoms with Gasteiger partial charge in [-0.3, -0.25) is 14.2 Å². The van der Waals surface area contributed by atoms with E-state index in [-0.39, 0.29) is 24.2 Å². The minimum Gasteiger partial charge on any atom is -0.324 e. The Balaban J connectivity index is 1.32. The summed E-state index contributed by atoms with van der Waals surface area (Å²) in [6.07, 6.45) is 5.60. The Hall–Kier alpha value is -3.88. The SMILES string of the molecule is Cc1cccc2c(=O)n(CCC(=O)Nc3cc(-c4nnc5n4CCCCC5)ccc3F)cnc12. The molecule has 3 heterocycles. The number of aromatic nitrogens is 5. The van der Waals surface area contributed by atoms with Crippen LogP contribution in [0, 0.1) is 12.7 Å². The van der Waals surface area contributed by atoms with Crippen molar-refractivity contribution in [3.63, 3.8) is 0 Å². The summed E-state index contributed by atoms with van der Waals surface area (Å²) in [6.45, 7) is 2.86. The maximum absolute atomic E-state index is 14.5. The molecule has 1 amide bonds. The normalized spacial score (nSPS) is 13.5. The standard InChI is InChI=1S/C25H25FN6O2/c1-16-6-5-7-18-23(16)27-15-31(25(18)34)13-11-22(33)28-20-14-17(9-10-19(20)26)24-30-29-21-8-3-2-4-12-32(21)24/h5-7,9-10,14-15H,2-4,8,11-13H2,1H3,(H,28,33). The number of para-hydroxylation sites is 1. The lowest BCUT2D eigenvalue weighted by molar-refractivity contribution is -0.116. The molecule has 0 bridgehead atoms. The number of fused-ring (bicyclic) bond motifs is 2. The molecule has 1 aliphatic rings. The maximum atomic E-state index is 14.5. The van der Waals surface area contributed by atoms with E-state index < -0.39 is 11.7 Å². The fourth-order valence-electron chi connectivity index (χ4n) is 4.39. The largest absolute Gasteiger partial charge is 0.324 e. The van der Waals surface area contributed by atoms with Crippen LogP contribution in [0.25, 0.3) is 22.3 Å². The first kappa shape index (κ1) is 21.9. The van der Waals surface area contributed by atoms with E-state index in [4.69, 9.17) is 0 Å². The molecule has 174 valence electrons. The summed E-state index contributed by atoms with van der Waals surface area (Å²) >= 11 is 0. The van der Waals surface area contributed by atoms with Crippen molar-refractivity contribution in [3.05, 3.63) is 70.3 Å². The van der Waals surface area contributed by atoms with Crippen LogP contribution in [0.3, 0.4) is 0 Å². The highest BCUT2D eigenvalue weighted by atomic mass is 19.1. The lowest BCUT2D eigenvalue weighted by Crippen LogP contribution is -2.24. The van der Waals surface area contributed by atoms with Gasteiger partial charge in [0, 0.05) is 31.5 Å². The zero-order valence-corrected chi connectivity index (χ0v) is 18.9. The highest BCUT2D eigenvalue weighted by Gasteiger charge is 2.18. The van der Waals surface area contributed by atoms with Gasteiger partial charge >= 0.3 is 0 Å². The van der Waals surface area contributed by atoms with E-state index in [0.29, 0.717) is 22.3 Å². The molecule has 2 aromatic heterocycles. The van der Waals surface area contributed by atoms with Crippen LogP contribution < -0.4 is 10.9 Å². The van der Waals surface area contributed by atoms with E-state index in [0.717, 1.165) is 43.6 Å². The van der Waals surface area contributed by atoms with E-state index in [2.05, 4.69) is 25.1 Å². The molecule has 9 heteroatoms. The zero-order chi connectivity index (χ0) is 23.7. The molecule has 1 N–H and O–H groups in total. The summed E-state index contributed by atoms with van der Waals surface area (Å²) in [7, 11) is 0. The molecule has 0 atom stereocenters. The van der Waals surface area contributed by atoms with Crippen LogP contribution in [-0.4, -0.2) is 30.2 Å². The third-order valence-corrected chi connectivity index (χ3v) is 6.24. The summed E-state index contributed by atoms with van der Waals surface area (Å²) in [4.78, 5) is 29.7. The van der Waals surface area contributed by atoms with Gasteiger partial charge in [0.25, 0.3) is 5.56 Å². The van der Waals surface area contributed by atoms with Crippen molar-refractivity contribution in [3.8, 4) is 11.4 Å². The molecule has 0 saturated carbocycles. The zero-order valence-electron chi connectivity index (χ0n) is 18.9.